The largest absolute Gasteiger partial charge is 0.392 e. The zero-order valence-corrected chi connectivity index (χ0v) is 13.3. The van der Waals surface area contributed by atoms with Gasteiger partial charge in [-0.25, -0.2) is 12.4 Å². The molecule has 3 rings (SSSR count). The maximum atomic E-state index is 12.9. The smallest absolute Gasteiger partial charge is 0.268 e. The van der Waals surface area contributed by atoms with Crippen molar-refractivity contribution in [2.75, 3.05) is 0 Å². The molecule has 0 radical (unpaired) electrons. The summed E-state index contributed by atoms with van der Waals surface area (Å²) in [6.07, 6.45) is 1.61. The lowest BCUT2D eigenvalue weighted by molar-refractivity contribution is 0.283. The Kier molecular flexibility index (Phi) is 3.54. The fourth-order valence-electron chi connectivity index (χ4n) is 2.69. The van der Waals surface area contributed by atoms with Gasteiger partial charge in [0.25, 0.3) is 10.0 Å². The molecule has 5 heteroatoms. The zero-order valence-electron chi connectivity index (χ0n) is 12.4. The molecule has 1 heterocycles. The van der Waals surface area contributed by atoms with E-state index in [1.54, 1.807) is 48.7 Å². The van der Waals surface area contributed by atoms with Gasteiger partial charge in [-0.1, -0.05) is 29.8 Å². The maximum absolute atomic E-state index is 12.9. The molecule has 0 aliphatic carbocycles. The van der Waals surface area contributed by atoms with Gasteiger partial charge in [-0.3, -0.25) is 0 Å². The third-order valence-corrected chi connectivity index (χ3v) is 5.51. The van der Waals surface area contributed by atoms with Crippen molar-refractivity contribution < 1.29 is 13.5 Å². The van der Waals surface area contributed by atoms with Crippen LogP contribution in [0, 0.1) is 13.8 Å². The molecular weight excluding hydrogens is 298 g/mol. The number of aliphatic hydroxyl groups excluding tert-OH is 1. The summed E-state index contributed by atoms with van der Waals surface area (Å²) in [7, 11) is -3.65. The second-order valence-corrected chi connectivity index (χ2v) is 7.21. The molecule has 3 aromatic rings. The Morgan fingerprint density at radius 1 is 1.05 bits per heavy atom. The standard InChI is InChI=1S/C17H17NO3S/c1-12-6-8-15(9-7-12)22(20,21)18-10-13(2)17-14(11-19)4-3-5-16(17)18/h3-10,19H,11H2,1-2H3. The molecule has 2 aromatic carbocycles. The number of nitrogens with zero attached hydrogens (tertiary/aromatic N) is 1. The predicted octanol–water partition coefficient (Wildman–Crippen LogP) is 2.99. The molecule has 0 unspecified atom stereocenters. The molecule has 0 fully saturated rings. The van der Waals surface area contributed by atoms with Gasteiger partial charge in [0.05, 0.1) is 17.0 Å². The Bertz CT molecular complexity index is 938. The van der Waals surface area contributed by atoms with E-state index < -0.39 is 10.0 Å². The monoisotopic (exact) mass is 315 g/mol. The van der Waals surface area contributed by atoms with Crippen molar-refractivity contribution in [3.63, 3.8) is 0 Å². The number of benzene rings is 2. The molecule has 1 aromatic heterocycles. The highest BCUT2D eigenvalue weighted by Crippen LogP contribution is 2.28. The summed E-state index contributed by atoms with van der Waals surface area (Å²) in [5.74, 6) is 0. The van der Waals surface area contributed by atoms with E-state index >= 15 is 0 Å². The van der Waals surface area contributed by atoms with Crippen LogP contribution >= 0.6 is 0 Å². The van der Waals surface area contributed by atoms with E-state index in [0.29, 0.717) is 5.52 Å². The van der Waals surface area contributed by atoms with Crippen LogP contribution in [0.2, 0.25) is 0 Å². The number of hydrogen-bond donors (Lipinski definition) is 1. The van der Waals surface area contributed by atoms with Gasteiger partial charge < -0.3 is 5.11 Å². The van der Waals surface area contributed by atoms with Crippen LogP contribution in [-0.2, 0) is 16.6 Å². The Morgan fingerprint density at radius 3 is 2.36 bits per heavy atom. The lowest BCUT2D eigenvalue weighted by atomic mass is 10.1. The van der Waals surface area contributed by atoms with Crippen LogP contribution in [0.15, 0.2) is 53.6 Å². The predicted molar refractivity (Wildman–Crippen MR) is 86.4 cm³/mol. The first-order valence-electron chi connectivity index (χ1n) is 6.98. The minimum absolute atomic E-state index is 0.118. The molecule has 0 aliphatic rings. The Morgan fingerprint density at radius 2 is 1.73 bits per heavy atom. The van der Waals surface area contributed by atoms with Crippen LogP contribution in [0.3, 0.4) is 0 Å². The molecule has 0 bridgehead atoms. The van der Waals surface area contributed by atoms with Crippen LogP contribution in [-0.4, -0.2) is 17.5 Å². The van der Waals surface area contributed by atoms with Crippen molar-refractivity contribution in [3.05, 3.63) is 65.4 Å². The Balaban J connectivity index is 2.28. The number of rotatable bonds is 3. The highest BCUT2D eigenvalue weighted by Gasteiger charge is 2.21. The van der Waals surface area contributed by atoms with Gasteiger partial charge in [0.15, 0.2) is 0 Å². The van der Waals surface area contributed by atoms with E-state index in [0.717, 1.165) is 22.1 Å². The third-order valence-electron chi connectivity index (χ3n) is 3.82. The molecule has 0 saturated heterocycles. The second-order valence-electron chi connectivity index (χ2n) is 5.40. The van der Waals surface area contributed by atoms with Gasteiger partial charge in [-0.05, 0) is 43.2 Å². The molecule has 114 valence electrons. The van der Waals surface area contributed by atoms with E-state index in [1.165, 1.54) is 3.97 Å². The number of aliphatic hydroxyl groups is 1. The molecule has 1 N–H and O–H groups in total. The number of aromatic nitrogens is 1. The molecule has 0 amide bonds. The average molecular weight is 315 g/mol. The molecule has 0 spiro atoms. The minimum Gasteiger partial charge on any atom is -0.392 e. The number of hydrogen-bond acceptors (Lipinski definition) is 3. The van der Waals surface area contributed by atoms with Crippen molar-refractivity contribution in [1.82, 2.24) is 3.97 Å². The summed E-state index contributed by atoms with van der Waals surface area (Å²) >= 11 is 0. The topological polar surface area (TPSA) is 59.3 Å². The second kappa shape index (κ2) is 5.26. The van der Waals surface area contributed by atoms with Gasteiger partial charge in [0, 0.05) is 11.6 Å². The van der Waals surface area contributed by atoms with Crippen molar-refractivity contribution >= 4 is 20.9 Å². The van der Waals surface area contributed by atoms with Gasteiger partial charge in [0.1, 0.15) is 0 Å². The van der Waals surface area contributed by atoms with Crippen molar-refractivity contribution in [3.8, 4) is 0 Å². The fraction of sp³-hybridized carbons (Fsp3) is 0.176. The highest BCUT2D eigenvalue weighted by molar-refractivity contribution is 7.90. The average Bonchev–Trinajstić information content (AvgIpc) is 2.86. The summed E-state index contributed by atoms with van der Waals surface area (Å²) in [5.41, 5.74) is 3.16. The molecular formula is C17H17NO3S. The SMILES string of the molecule is Cc1ccc(S(=O)(=O)n2cc(C)c3c(CO)cccc32)cc1. The molecule has 22 heavy (non-hydrogen) atoms. The van der Waals surface area contributed by atoms with Crippen molar-refractivity contribution in [2.45, 2.75) is 25.3 Å². The molecule has 0 aliphatic heterocycles. The van der Waals surface area contributed by atoms with Gasteiger partial charge in [0.2, 0.25) is 0 Å². The first kappa shape index (κ1) is 14.8. The quantitative estimate of drug-likeness (QED) is 0.808. The first-order valence-corrected chi connectivity index (χ1v) is 8.42. The van der Waals surface area contributed by atoms with Gasteiger partial charge in [-0.15, -0.1) is 0 Å². The van der Waals surface area contributed by atoms with E-state index in [9.17, 15) is 13.5 Å². The summed E-state index contributed by atoms with van der Waals surface area (Å²) < 4.78 is 27.0. The van der Waals surface area contributed by atoms with Crippen molar-refractivity contribution in [1.29, 1.82) is 0 Å². The van der Waals surface area contributed by atoms with Crippen LogP contribution in [0.25, 0.3) is 10.9 Å². The van der Waals surface area contributed by atoms with E-state index in [2.05, 4.69) is 0 Å². The fourth-order valence-corrected chi connectivity index (χ4v) is 4.11. The summed E-state index contributed by atoms with van der Waals surface area (Å²) in [6, 6.07) is 12.1. The van der Waals surface area contributed by atoms with Gasteiger partial charge >= 0.3 is 0 Å². The normalized spacial score (nSPS) is 12.0. The maximum Gasteiger partial charge on any atom is 0.268 e. The molecule has 0 atom stereocenters. The van der Waals surface area contributed by atoms with Crippen LogP contribution in [0.4, 0.5) is 0 Å². The molecule has 4 nitrogen and oxygen atoms in total. The van der Waals surface area contributed by atoms with Crippen molar-refractivity contribution in [2.24, 2.45) is 0 Å². The minimum atomic E-state index is -3.65. The lowest BCUT2D eigenvalue weighted by Gasteiger charge is -2.08. The Hall–Kier alpha value is -2.11. The number of aryl methyl sites for hydroxylation is 2. The molecule has 0 saturated carbocycles. The highest BCUT2D eigenvalue weighted by atomic mass is 32.2. The van der Waals surface area contributed by atoms with E-state index in [4.69, 9.17) is 0 Å². The van der Waals surface area contributed by atoms with E-state index in [1.807, 2.05) is 13.8 Å². The third kappa shape index (κ3) is 2.23. The zero-order chi connectivity index (χ0) is 15.9. The van der Waals surface area contributed by atoms with Crippen LogP contribution in [0.1, 0.15) is 16.7 Å². The van der Waals surface area contributed by atoms with Crippen LogP contribution < -0.4 is 0 Å². The van der Waals surface area contributed by atoms with Gasteiger partial charge in [-0.2, -0.15) is 0 Å². The summed E-state index contributed by atoms with van der Waals surface area (Å²) in [5, 5.41) is 10.3. The summed E-state index contributed by atoms with van der Waals surface area (Å²) in [6.45, 7) is 3.65. The lowest BCUT2D eigenvalue weighted by Crippen LogP contribution is -2.11. The number of fused-ring (bicyclic) bond motifs is 1. The van der Waals surface area contributed by atoms with E-state index in [-0.39, 0.29) is 11.5 Å². The van der Waals surface area contributed by atoms with Crippen LogP contribution in [0.5, 0.6) is 0 Å². The Labute approximate surface area is 129 Å². The summed E-state index contributed by atoms with van der Waals surface area (Å²) in [4.78, 5) is 0.254. The first-order chi connectivity index (χ1) is 10.4.